The topological polar surface area (TPSA) is 61.5 Å². The van der Waals surface area contributed by atoms with Gasteiger partial charge in [0.2, 0.25) is 0 Å². The van der Waals surface area contributed by atoms with Crippen LogP contribution in [0.4, 0.5) is 0 Å². The molecular formula is C13H15NO3. The summed E-state index contributed by atoms with van der Waals surface area (Å²) in [5.74, 6) is 6.84. The van der Waals surface area contributed by atoms with Gasteiger partial charge in [0.15, 0.2) is 17.8 Å². The molecule has 1 rings (SSSR count). The molecule has 0 atom stereocenters. The molecule has 17 heavy (non-hydrogen) atoms. The van der Waals surface area contributed by atoms with Gasteiger partial charge in [0, 0.05) is 30.2 Å². The molecule has 0 heterocycles. The van der Waals surface area contributed by atoms with E-state index in [0.29, 0.717) is 35.6 Å². The average molecular weight is 233 g/mol. The molecule has 4 heteroatoms. The van der Waals surface area contributed by atoms with Gasteiger partial charge >= 0.3 is 0 Å². The number of carbonyl (C=O) groups is 1. The molecule has 0 aliphatic rings. The van der Waals surface area contributed by atoms with Crippen molar-refractivity contribution in [2.24, 2.45) is 5.73 Å². The van der Waals surface area contributed by atoms with Gasteiger partial charge in [-0.25, -0.2) is 0 Å². The van der Waals surface area contributed by atoms with E-state index in [1.54, 1.807) is 12.1 Å². The van der Waals surface area contributed by atoms with Crippen LogP contribution < -0.4 is 15.2 Å². The molecule has 0 saturated heterocycles. The Morgan fingerprint density at radius 3 is 2.47 bits per heavy atom. The number of nitrogens with two attached hydrogens (primary N) is 1. The molecule has 0 bridgehead atoms. The third-order valence-electron chi connectivity index (χ3n) is 2.18. The molecule has 0 unspecified atom stereocenters. The van der Waals surface area contributed by atoms with Gasteiger partial charge in [-0.05, 0) is 6.07 Å². The normalized spacial score (nSPS) is 9.12. The number of methoxy groups -OCH3 is 2. The summed E-state index contributed by atoms with van der Waals surface area (Å²) >= 11 is 0. The van der Waals surface area contributed by atoms with E-state index in [0.717, 1.165) is 6.29 Å². The molecule has 0 aliphatic heterocycles. The van der Waals surface area contributed by atoms with Gasteiger partial charge in [0.1, 0.15) is 0 Å². The Morgan fingerprint density at radius 1 is 1.29 bits per heavy atom. The van der Waals surface area contributed by atoms with E-state index in [9.17, 15) is 4.79 Å². The Bertz CT molecular complexity index is 458. The highest BCUT2D eigenvalue weighted by atomic mass is 16.5. The minimum atomic E-state index is 0.479. The van der Waals surface area contributed by atoms with Crippen molar-refractivity contribution >= 4 is 6.29 Å². The Hall–Kier alpha value is -1.99. The maximum atomic E-state index is 10.9. The number of aldehydes is 1. The van der Waals surface area contributed by atoms with Crippen LogP contribution in [0.3, 0.4) is 0 Å². The quantitative estimate of drug-likeness (QED) is 0.627. The lowest BCUT2D eigenvalue weighted by Gasteiger charge is -2.09. The minimum Gasteiger partial charge on any atom is -0.493 e. The molecule has 0 radical (unpaired) electrons. The fourth-order valence-electron chi connectivity index (χ4n) is 1.33. The monoisotopic (exact) mass is 233 g/mol. The lowest BCUT2D eigenvalue weighted by Crippen LogP contribution is -1.97. The SMILES string of the molecule is COc1cc(C#CCCN)c(C=O)cc1OC. The first-order chi connectivity index (χ1) is 8.26. The van der Waals surface area contributed by atoms with Crippen LogP contribution in [0.5, 0.6) is 11.5 Å². The Balaban J connectivity index is 3.20. The highest BCUT2D eigenvalue weighted by molar-refractivity contribution is 5.81. The fraction of sp³-hybridized carbons (Fsp3) is 0.308. The van der Waals surface area contributed by atoms with E-state index in [1.807, 2.05) is 0 Å². The fourth-order valence-corrected chi connectivity index (χ4v) is 1.33. The largest absolute Gasteiger partial charge is 0.493 e. The summed E-state index contributed by atoms with van der Waals surface area (Å²) in [4.78, 5) is 10.9. The van der Waals surface area contributed by atoms with Crippen LogP contribution in [0.15, 0.2) is 12.1 Å². The standard InChI is InChI=1S/C13H15NO3/c1-16-12-7-10(5-3-4-6-14)11(9-15)8-13(12)17-2/h7-9H,4,6,14H2,1-2H3. The van der Waals surface area contributed by atoms with Crippen molar-refractivity contribution in [1.82, 2.24) is 0 Å². The summed E-state index contributed by atoms with van der Waals surface area (Å²) < 4.78 is 10.3. The van der Waals surface area contributed by atoms with Crippen LogP contribution in [0.25, 0.3) is 0 Å². The van der Waals surface area contributed by atoms with Crippen molar-refractivity contribution in [2.75, 3.05) is 20.8 Å². The summed E-state index contributed by atoms with van der Waals surface area (Å²) in [6.07, 6.45) is 1.33. The van der Waals surface area contributed by atoms with E-state index in [1.165, 1.54) is 14.2 Å². The van der Waals surface area contributed by atoms with E-state index in [-0.39, 0.29) is 0 Å². The molecule has 90 valence electrons. The molecule has 1 aromatic rings. The second kappa shape index (κ2) is 6.56. The van der Waals surface area contributed by atoms with E-state index < -0.39 is 0 Å². The van der Waals surface area contributed by atoms with E-state index in [4.69, 9.17) is 15.2 Å². The summed E-state index contributed by atoms with van der Waals surface area (Å²) in [6.45, 7) is 0.497. The smallest absolute Gasteiger partial charge is 0.162 e. The average Bonchev–Trinajstić information content (AvgIpc) is 2.38. The number of benzene rings is 1. The number of rotatable bonds is 4. The molecule has 0 amide bonds. The highest BCUT2D eigenvalue weighted by Gasteiger charge is 2.08. The van der Waals surface area contributed by atoms with Crippen molar-refractivity contribution in [2.45, 2.75) is 6.42 Å². The second-order valence-corrected chi connectivity index (χ2v) is 3.25. The van der Waals surface area contributed by atoms with Gasteiger partial charge < -0.3 is 15.2 Å². The van der Waals surface area contributed by atoms with Crippen molar-refractivity contribution in [3.63, 3.8) is 0 Å². The predicted octanol–water partition coefficient (Wildman–Crippen LogP) is 1.22. The van der Waals surface area contributed by atoms with Crippen LogP contribution in [-0.4, -0.2) is 27.1 Å². The zero-order valence-electron chi connectivity index (χ0n) is 9.95. The highest BCUT2D eigenvalue weighted by Crippen LogP contribution is 2.29. The molecule has 0 aromatic heterocycles. The number of hydrogen-bond donors (Lipinski definition) is 1. The van der Waals surface area contributed by atoms with Crippen LogP contribution >= 0.6 is 0 Å². The van der Waals surface area contributed by atoms with Gasteiger partial charge in [-0.2, -0.15) is 0 Å². The maximum absolute atomic E-state index is 10.9. The van der Waals surface area contributed by atoms with Gasteiger partial charge in [0.25, 0.3) is 0 Å². The summed E-state index contributed by atoms with van der Waals surface area (Å²) in [6, 6.07) is 3.30. The number of hydrogen-bond acceptors (Lipinski definition) is 4. The zero-order valence-corrected chi connectivity index (χ0v) is 9.95. The van der Waals surface area contributed by atoms with Crippen molar-refractivity contribution in [1.29, 1.82) is 0 Å². The van der Waals surface area contributed by atoms with E-state index in [2.05, 4.69) is 11.8 Å². The second-order valence-electron chi connectivity index (χ2n) is 3.25. The lowest BCUT2D eigenvalue weighted by atomic mass is 10.1. The van der Waals surface area contributed by atoms with Gasteiger partial charge in [-0.1, -0.05) is 11.8 Å². The third kappa shape index (κ3) is 3.23. The zero-order chi connectivity index (χ0) is 12.7. The van der Waals surface area contributed by atoms with Crippen LogP contribution in [0, 0.1) is 11.8 Å². The molecule has 1 aromatic carbocycles. The maximum Gasteiger partial charge on any atom is 0.162 e. The number of ether oxygens (including phenoxy) is 2. The summed E-state index contributed by atoms with van der Waals surface area (Å²) in [7, 11) is 3.06. The molecule has 0 aliphatic carbocycles. The molecular weight excluding hydrogens is 218 g/mol. The summed E-state index contributed by atoms with van der Waals surface area (Å²) in [5.41, 5.74) is 6.44. The van der Waals surface area contributed by atoms with Crippen LogP contribution in [0.2, 0.25) is 0 Å². The third-order valence-corrected chi connectivity index (χ3v) is 2.18. The first-order valence-electron chi connectivity index (χ1n) is 5.17. The van der Waals surface area contributed by atoms with Gasteiger partial charge in [-0.3, -0.25) is 4.79 Å². The van der Waals surface area contributed by atoms with Crippen molar-refractivity contribution in [3.8, 4) is 23.3 Å². The first-order valence-corrected chi connectivity index (χ1v) is 5.17. The molecule has 0 fully saturated rings. The molecule has 4 nitrogen and oxygen atoms in total. The summed E-state index contributed by atoms with van der Waals surface area (Å²) in [5, 5.41) is 0. The Labute approximate surface area is 101 Å². The molecule has 0 saturated carbocycles. The van der Waals surface area contributed by atoms with Crippen LogP contribution in [0.1, 0.15) is 22.3 Å². The predicted molar refractivity (Wildman–Crippen MR) is 65.5 cm³/mol. The van der Waals surface area contributed by atoms with Gasteiger partial charge in [0.05, 0.1) is 14.2 Å². The minimum absolute atomic E-state index is 0.479. The lowest BCUT2D eigenvalue weighted by molar-refractivity contribution is 0.112. The number of carbonyl (C=O) groups excluding carboxylic acids is 1. The molecule has 0 spiro atoms. The van der Waals surface area contributed by atoms with E-state index >= 15 is 0 Å². The Morgan fingerprint density at radius 2 is 1.94 bits per heavy atom. The van der Waals surface area contributed by atoms with Crippen molar-refractivity contribution in [3.05, 3.63) is 23.3 Å². The van der Waals surface area contributed by atoms with Crippen LogP contribution in [-0.2, 0) is 0 Å². The van der Waals surface area contributed by atoms with Gasteiger partial charge in [-0.15, -0.1) is 0 Å². The molecule has 2 N–H and O–H groups in total. The van der Waals surface area contributed by atoms with Crippen molar-refractivity contribution < 1.29 is 14.3 Å². The first kappa shape index (κ1) is 13.1. The Kier molecular flexibility index (Phi) is 5.05.